The molecule has 0 aliphatic heterocycles. The number of halogens is 3. The zero-order valence-corrected chi connectivity index (χ0v) is 19.1. The lowest BCUT2D eigenvalue weighted by atomic mass is 10.1. The first-order valence-electron chi connectivity index (χ1n) is 11.0. The molecule has 0 atom stereocenters. The summed E-state index contributed by atoms with van der Waals surface area (Å²) in [6.07, 6.45) is -2.28. The topological polar surface area (TPSA) is 46.6 Å². The number of aldehydes is 1. The van der Waals surface area contributed by atoms with Gasteiger partial charge in [-0.15, -0.1) is 5.06 Å². The van der Waals surface area contributed by atoms with Crippen molar-refractivity contribution in [3.63, 3.8) is 0 Å². The first-order chi connectivity index (χ1) is 16.8. The molecule has 0 aromatic heterocycles. The summed E-state index contributed by atoms with van der Waals surface area (Å²) in [6.45, 7) is 2.28. The van der Waals surface area contributed by atoms with E-state index >= 15 is 0 Å². The van der Waals surface area contributed by atoms with Crippen molar-refractivity contribution in [2.24, 2.45) is 0 Å². The monoisotopic (exact) mass is 479 g/mol. The largest absolute Gasteiger partial charge is 0.416 e. The van der Waals surface area contributed by atoms with Gasteiger partial charge in [0.25, 0.3) is 0 Å². The van der Waals surface area contributed by atoms with Gasteiger partial charge >= 0.3 is 12.1 Å². The van der Waals surface area contributed by atoms with Gasteiger partial charge in [-0.05, 0) is 59.5 Å². The molecule has 0 aliphatic carbocycles. The number of hydrogen-bond donors (Lipinski definition) is 0. The smallest absolute Gasteiger partial charge is 0.361 e. The van der Waals surface area contributed by atoms with Gasteiger partial charge in [-0.2, -0.15) is 13.2 Å². The van der Waals surface area contributed by atoms with Gasteiger partial charge in [-0.25, -0.2) is 4.79 Å². The van der Waals surface area contributed by atoms with Gasteiger partial charge in [0.2, 0.25) is 6.29 Å². The lowest BCUT2D eigenvalue weighted by Crippen LogP contribution is -2.27. The Hall–Kier alpha value is -3.89. The molecule has 0 amide bonds. The molecule has 3 rings (SSSR count). The van der Waals surface area contributed by atoms with E-state index in [1.54, 1.807) is 0 Å². The normalized spacial score (nSPS) is 11.0. The molecule has 3 aromatic carbocycles. The second-order valence-corrected chi connectivity index (χ2v) is 7.91. The van der Waals surface area contributed by atoms with Gasteiger partial charge in [0.1, 0.15) is 0 Å². The molecule has 0 aliphatic rings. The highest BCUT2D eigenvalue weighted by Crippen LogP contribution is 2.29. The highest BCUT2D eigenvalue weighted by Gasteiger charge is 2.30. The van der Waals surface area contributed by atoms with Crippen LogP contribution in [0.3, 0.4) is 0 Å². The number of nitrogens with zero attached hydrogens (tertiary/aromatic N) is 1. The Bertz CT molecular complexity index is 1190. The summed E-state index contributed by atoms with van der Waals surface area (Å²) in [7, 11) is 0. The van der Waals surface area contributed by atoms with E-state index in [9.17, 15) is 22.8 Å². The first-order valence-corrected chi connectivity index (χ1v) is 11.0. The van der Waals surface area contributed by atoms with E-state index in [1.807, 2.05) is 36.4 Å². The predicted molar refractivity (Wildman–Crippen MR) is 126 cm³/mol. The quantitative estimate of drug-likeness (QED) is 0.180. The first kappa shape index (κ1) is 25.7. The molecule has 0 radical (unpaired) electrons. The number of benzene rings is 3. The number of hydrogen-bond acceptors (Lipinski definition) is 4. The van der Waals surface area contributed by atoms with Crippen molar-refractivity contribution in [1.82, 2.24) is 5.06 Å². The van der Waals surface area contributed by atoms with E-state index in [4.69, 9.17) is 4.84 Å². The third kappa shape index (κ3) is 8.13. The number of carbonyl (C=O) groups is 2. The number of alkyl halides is 3. The Morgan fingerprint density at radius 3 is 1.71 bits per heavy atom. The van der Waals surface area contributed by atoms with Gasteiger partial charge in [-0.3, -0.25) is 4.79 Å². The minimum Gasteiger partial charge on any atom is -0.361 e. The highest BCUT2D eigenvalue weighted by molar-refractivity contribution is 6.20. The zero-order chi connectivity index (χ0) is 25.3. The minimum absolute atomic E-state index is 0.00724. The summed E-state index contributed by atoms with van der Waals surface area (Å²) in [5, 5.41) is 1.22. The molecule has 0 bridgehead atoms. The van der Waals surface area contributed by atoms with Crippen molar-refractivity contribution in [1.29, 1.82) is 0 Å². The molecule has 4 nitrogen and oxygen atoms in total. The summed E-state index contributed by atoms with van der Waals surface area (Å²) in [5.41, 5.74) is 3.47. The van der Waals surface area contributed by atoms with Crippen molar-refractivity contribution in [2.75, 3.05) is 0 Å². The number of carbonyl (C=O) groups excluding carboxylic acids is 2. The zero-order valence-electron chi connectivity index (χ0n) is 19.1. The highest BCUT2D eigenvalue weighted by atomic mass is 19.4. The summed E-state index contributed by atoms with van der Waals surface area (Å²) < 4.78 is 38.4. The molecule has 0 N–H and O–H groups in total. The fourth-order valence-electron chi connectivity index (χ4n) is 3.36. The van der Waals surface area contributed by atoms with Crippen LogP contribution in [-0.4, -0.2) is 17.3 Å². The van der Waals surface area contributed by atoms with Crippen molar-refractivity contribution in [2.45, 2.75) is 39.0 Å². The van der Waals surface area contributed by atoms with Crippen LogP contribution in [0.25, 0.3) is 0 Å². The van der Waals surface area contributed by atoms with Gasteiger partial charge < -0.3 is 4.84 Å². The minimum atomic E-state index is -4.44. The summed E-state index contributed by atoms with van der Waals surface area (Å²) >= 11 is 0. The summed E-state index contributed by atoms with van der Waals surface area (Å²) in [5.74, 6) is 5.13. The fraction of sp³-hybridized carbons (Fsp3) is 0.214. The predicted octanol–water partition coefficient (Wildman–Crippen LogP) is 5.72. The average Bonchev–Trinajstić information content (AvgIpc) is 2.84. The van der Waals surface area contributed by atoms with Crippen molar-refractivity contribution in [3.8, 4) is 11.8 Å². The van der Waals surface area contributed by atoms with E-state index in [2.05, 4.69) is 30.9 Å². The van der Waals surface area contributed by atoms with E-state index in [0.29, 0.717) is 5.56 Å². The van der Waals surface area contributed by atoms with Gasteiger partial charge in [-0.1, -0.05) is 61.6 Å². The lowest BCUT2D eigenvalue weighted by Gasteiger charge is -2.20. The fourth-order valence-corrected chi connectivity index (χ4v) is 3.36. The molecule has 0 heterocycles. The Kier molecular flexibility index (Phi) is 8.82. The number of aryl methyl sites for hydroxylation is 1. The van der Waals surface area contributed by atoms with E-state index in [1.165, 1.54) is 22.8 Å². The number of hydroxylamine groups is 2. The Morgan fingerprint density at radius 2 is 1.29 bits per heavy atom. The molecular formula is C28H24F3NO3. The van der Waals surface area contributed by atoms with Crippen LogP contribution in [0.5, 0.6) is 0 Å². The van der Waals surface area contributed by atoms with Crippen molar-refractivity contribution >= 4 is 12.3 Å². The molecule has 7 heteroatoms. The molecule has 180 valence electrons. The third-order valence-electron chi connectivity index (χ3n) is 5.11. The van der Waals surface area contributed by atoms with Crippen LogP contribution in [0.1, 0.15) is 46.7 Å². The van der Waals surface area contributed by atoms with Crippen LogP contribution in [-0.2, 0) is 40.1 Å². The maximum Gasteiger partial charge on any atom is 0.416 e. The van der Waals surface area contributed by atoms with Crippen LogP contribution in [0.2, 0.25) is 0 Å². The summed E-state index contributed by atoms with van der Waals surface area (Å²) in [6, 6.07) is 19.9. The third-order valence-corrected chi connectivity index (χ3v) is 5.11. The van der Waals surface area contributed by atoms with Gasteiger partial charge in [0.05, 0.1) is 18.7 Å². The van der Waals surface area contributed by atoms with E-state index in [-0.39, 0.29) is 19.4 Å². The number of rotatable bonds is 8. The maximum absolute atomic E-state index is 12.8. The molecule has 0 spiro atoms. The summed E-state index contributed by atoms with van der Waals surface area (Å²) in [4.78, 5) is 27.3. The lowest BCUT2D eigenvalue weighted by molar-refractivity contribution is -0.195. The van der Waals surface area contributed by atoms with Crippen molar-refractivity contribution in [3.05, 3.63) is 106 Å². The van der Waals surface area contributed by atoms with E-state index in [0.717, 1.165) is 41.7 Å². The van der Waals surface area contributed by atoms with Gasteiger partial charge in [0, 0.05) is 11.1 Å². The molecule has 0 fully saturated rings. The SMILES string of the molecule is CCCc1ccc(C#Cc2ccc(CN(Cc3ccc(C(F)(F)F)cc3)OC(=O)C=O)cc2)cc1. The molecule has 35 heavy (non-hydrogen) atoms. The van der Waals surface area contributed by atoms with Crippen LogP contribution in [0.15, 0.2) is 72.8 Å². The Morgan fingerprint density at radius 1 is 0.829 bits per heavy atom. The van der Waals surface area contributed by atoms with Crippen LogP contribution in [0, 0.1) is 11.8 Å². The van der Waals surface area contributed by atoms with Crippen molar-refractivity contribution < 1.29 is 27.6 Å². The molecule has 3 aromatic rings. The van der Waals surface area contributed by atoms with Gasteiger partial charge in [0.15, 0.2) is 0 Å². The molecular weight excluding hydrogens is 455 g/mol. The van der Waals surface area contributed by atoms with Crippen LogP contribution < -0.4 is 0 Å². The Balaban J connectivity index is 1.68. The van der Waals surface area contributed by atoms with Crippen LogP contribution >= 0.6 is 0 Å². The van der Waals surface area contributed by atoms with E-state index < -0.39 is 17.7 Å². The Labute approximate surface area is 202 Å². The molecule has 0 saturated carbocycles. The average molecular weight is 479 g/mol. The molecule has 0 saturated heterocycles. The second kappa shape index (κ2) is 12.0. The second-order valence-electron chi connectivity index (χ2n) is 7.91. The van der Waals surface area contributed by atoms with Crippen LogP contribution in [0.4, 0.5) is 13.2 Å². The maximum atomic E-state index is 12.8. The molecule has 0 unspecified atom stereocenters. The standard InChI is InChI=1S/C28H24F3NO3/c1-2-3-21-4-6-22(7-5-21)8-9-23-10-12-24(13-11-23)18-32(35-27(34)20-33)19-25-14-16-26(17-15-25)28(29,30)31/h4-7,10-17,20H,2-3,18-19H2,1H3.